The average molecular weight is 360 g/mol. The predicted molar refractivity (Wildman–Crippen MR) is 108 cm³/mol. The fraction of sp³-hybridized carbons (Fsp3) is 0.273. The molecular weight excluding hydrogens is 336 g/mol. The van der Waals surface area contributed by atoms with Gasteiger partial charge in [0.05, 0.1) is 5.69 Å². The van der Waals surface area contributed by atoms with E-state index in [9.17, 15) is 4.79 Å². The summed E-state index contributed by atoms with van der Waals surface area (Å²) in [5.41, 5.74) is 6.06. The van der Waals surface area contributed by atoms with Crippen LogP contribution in [0.5, 0.6) is 0 Å². The molecule has 0 aliphatic heterocycles. The Morgan fingerprint density at radius 1 is 1.07 bits per heavy atom. The Kier molecular flexibility index (Phi) is 4.67. The number of carbonyl (C=O) groups excluding carboxylic acids is 1. The van der Waals surface area contributed by atoms with E-state index in [-0.39, 0.29) is 5.91 Å². The van der Waals surface area contributed by atoms with E-state index in [1.165, 1.54) is 5.69 Å². The molecule has 0 atom stereocenters. The van der Waals surface area contributed by atoms with E-state index in [4.69, 9.17) is 0 Å². The Bertz CT molecular complexity index is 942. The highest BCUT2D eigenvalue weighted by atomic mass is 16.1. The van der Waals surface area contributed by atoms with Crippen LogP contribution in [0.1, 0.15) is 33.7 Å². The normalized spacial score (nSPS) is 12.7. The summed E-state index contributed by atoms with van der Waals surface area (Å²) in [5, 5.41) is 7.68. The Hall–Kier alpha value is -3.08. The van der Waals surface area contributed by atoms with Crippen molar-refractivity contribution in [2.75, 3.05) is 19.0 Å². The maximum atomic E-state index is 12.8. The Balaban J connectivity index is 1.52. The number of nitrogens with zero attached hydrogens (tertiary/aromatic N) is 3. The molecule has 27 heavy (non-hydrogen) atoms. The molecule has 1 aliphatic carbocycles. The SMILES string of the molecule is CN(C)c1ccc(CNC(=O)c2nn(-c3ccccc3)c3c2CCC3)cc1. The molecule has 0 fully saturated rings. The molecule has 3 aromatic rings. The minimum Gasteiger partial charge on any atom is -0.378 e. The minimum absolute atomic E-state index is 0.0977. The molecule has 1 amide bonds. The van der Waals surface area contributed by atoms with Crippen LogP contribution in [0, 0.1) is 0 Å². The van der Waals surface area contributed by atoms with Crippen LogP contribution in [0.2, 0.25) is 0 Å². The van der Waals surface area contributed by atoms with Gasteiger partial charge in [-0.2, -0.15) is 5.10 Å². The molecule has 1 aromatic heterocycles. The third-order valence-corrected chi connectivity index (χ3v) is 5.05. The molecule has 0 radical (unpaired) electrons. The van der Waals surface area contributed by atoms with Crippen molar-refractivity contribution in [2.45, 2.75) is 25.8 Å². The summed E-state index contributed by atoms with van der Waals surface area (Å²) in [4.78, 5) is 14.9. The Morgan fingerprint density at radius 2 is 1.81 bits per heavy atom. The standard InChI is InChI=1S/C22H24N4O/c1-25(2)17-13-11-16(12-14-17)15-23-22(27)21-19-9-6-10-20(19)26(24-21)18-7-4-3-5-8-18/h3-5,7-8,11-14H,6,9-10,15H2,1-2H3,(H,23,27). The first-order valence-electron chi connectivity index (χ1n) is 9.34. The number of hydrogen-bond donors (Lipinski definition) is 1. The zero-order valence-electron chi connectivity index (χ0n) is 15.8. The molecule has 0 saturated carbocycles. The summed E-state index contributed by atoms with van der Waals surface area (Å²) in [6, 6.07) is 18.2. The van der Waals surface area contributed by atoms with Crippen LogP contribution in [0.25, 0.3) is 5.69 Å². The summed E-state index contributed by atoms with van der Waals surface area (Å²) in [6.07, 6.45) is 2.96. The van der Waals surface area contributed by atoms with Crippen LogP contribution in [0.3, 0.4) is 0 Å². The fourth-order valence-corrected chi connectivity index (χ4v) is 3.58. The van der Waals surface area contributed by atoms with Crippen molar-refractivity contribution in [1.29, 1.82) is 0 Å². The van der Waals surface area contributed by atoms with Gasteiger partial charge in [0, 0.05) is 37.6 Å². The van der Waals surface area contributed by atoms with Gasteiger partial charge in [-0.25, -0.2) is 4.68 Å². The van der Waals surface area contributed by atoms with Gasteiger partial charge < -0.3 is 10.2 Å². The van der Waals surface area contributed by atoms with E-state index in [1.54, 1.807) is 0 Å². The second-order valence-corrected chi connectivity index (χ2v) is 7.12. The number of carbonyl (C=O) groups is 1. The number of hydrogen-bond acceptors (Lipinski definition) is 3. The first kappa shape index (κ1) is 17.3. The first-order valence-corrected chi connectivity index (χ1v) is 9.34. The highest BCUT2D eigenvalue weighted by molar-refractivity contribution is 5.94. The van der Waals surface area contributed by atoms with Crippen molar-refractivity contribution in [1.82, 2.24) is 15.1 Å². The lowest BCUT2D eigenvalue weighted by molar-refractivity contribution is 0.0944. The van der Waals surface area contributed by atoms with Crippen LogP contribution in [-0.2, 0) is 19.4 Å². The van der Waals surface area contributed by atoms with Crippen molar-refractivity contribution in [2.24, 2.45) is 0 Å². The van der Waals surface area contributed by atoms with Gasteiger partial charge in [0.15, 0.2) is 5.69 Å². The summed E-state index contributed by atoms with van der Waals surface area (Å²) in [6.45, 7) is 0.500. The molecule has 1 aliphatic rings. The highest BCUT2D eigenvalue weighted by Gasteiger charge is 2.26. The number of anilines is 1. The quantitative estimate of drug-likeness (QED) is 0.759. The van der Waals surface area contributed by atoms with Gasteiger partial charge in [-0.3, -0.25) is 4.79 Å². The summed E-state index contributed by atoms with van der Waals surface area (Å²) in [7, 11) is 4.03. The van der Waals surface area contributed by atoms with Crippen molar-refractivity contribution >= 4 is 11.6 Å². The van der Waals surface area contributed by atoms with Crippen LogP contribution in [-0.4, -0.2) is 29.8 Å². The topological polar surface area (TPSA) is 50.2 Å². The summed E-state index contributed by atoms with van der Waals surface area (Å²) >= 11 is 0. The highest BCUT2D eigenvalue weighted by Crippen LogP contribution is 2.27. The number of fused-ring (bicyclic) bond motifs is 1. The average Bonchev–Trinajstić information content (AvgIpc) is 3.30. The molecule has 1 heterocycles. The van der Waals surface area contributed by atoms with E-state index < -0.39 is 0 Å². The smallest absolute Gasteiger partial charge is 0.272 e. The van der Waals surface area contributed by atoms with Crippen LogP contribution >= 0.6 is 0 Å². The maximum Gasteiger partial charge on any atom is 0.272 e. The van der Waals surface area contributed by atoms with Gasteiger partial charge in [0.2, 0.25) is 0 Å². The number of nitrogens with one attached hydrogen (secondary N) is 1. The molecule has 5 nitrogen and oxygen atoms in total. The fourth-order valence-electron chi connectivity index (χ4n) is 3.58. The third-order valence-electron chi connectivity index (χ3n) is 5.05. The van der Waals surface area contributed by atoms with E-state index in [0.717, 1.165) is 41.8 Å². The lowest BCUT2D eigenvalue weighted by Crippen LogP contribution is -2.24. The van der Waals surface area contributed by atoms with E-state index in [1.807, 2.05) is 61.2 Å². The van der Waals surface area contributed by atoms with Crippen molar-refractivity contribution < 1.29 is 4.79 Å². The van der Waals surface area contributed by atoms with E-state index in [2.05, 4.69) is 27.4 Å². The van der Waals surface area contributed by atoms with Gasteiger partial charge in [0.1, 0.15) is 0 Å². The van der Waals surface area contributed by atoms with Crippen molar-refractivity contribution in [3.05, 3.63) is 77.1 Å². The Morgan fingerprint density at radius 3 is 2.52 bits per heavy atom. The van der Waals surface area contributed by atoms with Gasteiger partial charge in [-0.05, 0) is 49.1 Å². The largest absolute Gasteiger partial charge is 0.378 e. The van der Waals surface area contributed by atoms with Gasteiger partial charge in [-0.15, -0.1) is 0 Å². The monoisotopic (exact) mass is 360 g/mol. The molecule has 5 heteroatoms. The van der Waals surface area contributed by atoms with E-state index >= 15 is 0 Å². The number of amides is 1. The molecule has 138 valence electrons. The zero-order chi connectivity index (χ0) is 18.8. The Labute approximate surface area is 159 Å². The second kappa shape index (κ2) is 7.27. The maximum absolute atomic E-state index is 12.8. The summed E-state index contributed by atoms with van der Waals surface area (Å²) < 4.78 is 1.93. The second-order valence-electron chi connectivity index (χ2n) is 7.12. The number of aromatic nitrogens is 2. The third kappa shape index (κ3) is 3.45. The zero-order valence-corrected chi connectivity index (χ0v) is 15.8. The number of rotatable bonds is 5. The molecular formula is C22H24N4O. The number of para-hydroxylation sites is 1. The molecule has 1 N–H and O–H groups in total. The lowest BCUT2D eigenvalue weighted by atomic mass is 10.1. The minimum atomic E-state index is -0.0977. The molecule has 0 spiro atoms. The predicted octanol–water partition coefficient (Wildman–Crippen LogP) is 3.36. The van der Waals surface area contributed by atoms with Crippen LogP contribution in [0.4, 0.5) is 5.69 Å². The molecule has 0 saturated heterocycles. The van der Waals surface area contributed by atoms with Crippen molar-refractivity contribution in [3.8, 4) is 5.69 Å². The molecule has 0 unspecified atom stereocenters. The van der Waals surface area contributed by atoms with Crippen molar-refractivity contribution in [3.63, 3.8) is 0 Å². The van der Waals surface area contributed by atoms with Crippen LogP contribution in [0.15, 0.2) is 54.6 Å². The molecule has 2 aromatic carbocycles. The van der Waals surface area contributed by atoms with Gasteiger partial charge in [-0.1, -0.05) is 30.3 Å². The van der Waals surface area contributed by atoms with Gasteiger partial charge in [0.25, 0.3) is 5.91 Å². The van der Waals surface area contributed by atoms with E-state index in [0.29, 0.717) is 12.2 Å². The van der Waals surface area contributed by atoms with Gasteiger partial charge >= 0.3 is 0 Å². The summed E-state index contributed by atoms with van der Waals surface area (Å²) in [5.74, 6) is -0.0977. The molecule has 0 bridgehead atoms. The lowest BCUT2D eigenvalue weighted by Gasteiger charge is -2.12. The number of benzene rings is 2. The van der Waals surface area contributed by atoms with Crippen LogP contribution < -0.4 is 10.2 Å². The first-order chi connectivity index (χ1) is 13.1. The molecule has 4 rings (SSSR count).